The van der Waals surface area contributed by atoms with Gasteiger partial charge in [-0.1, -0.05) is 121 Å². The number of hydrogen-bond acceptors (Lipinski definition) is 3. The van der Waals surface area contributed by atoms with Gasteiger partial charge < -0.3 is 9.47 Å². The van der Waals surface area contributed by atoms with Crippen molar-refractivity contribution in [3.05, 3.63) is 144 Å². The molecule has 0 heterocycles. The molecule has 0 unspecified atom stereocenters. The molecule has 31 heavy (non-hydrogen) atoms. The predicted molar refractivity (Wildman–Crippen MR) is 121 cm³/mol. The van der Waals surface area contributed by atoms with Crippen molar-refractivity contribution < 1.29 is 14.3 Å². The Labute approximate surface area is 182 Å². The molecule has 4 aromatic rings. The lowest BCUT2D eigenvalue weighted by Crippen LogP contribution is -2.41. The Morgan fingerprint density at radius 1 is 0.548 bits per heavy atom. The molecule has 0 atom stereocenters. The van der Waals surface area contributed by atoms with Crippen LogP contribution in [0.15, 0.2) is 121 Å². The number of rotatable bonds is 9. The first kappa shape index (κ1) is 20.7. The Morgan fingerprint density at radius 2 is 0.935 bits per heavy atom. The van der Waals surface area contributed by atoms with Crippen molar-refractivity contribution in [2.24, 2.45) is 0 Å². The van der Waals surface area contributed by atoms with Crippen LogP contribution >= 0.6 is 0 Å². The van der Waals surface area contributed by atoms with Crippen LogP contribution in [0, 0.1) is 0 Å². The van der Waals surface area contributed by atoms with Crippen LogP contribution in [0.2, 0.25) is 0 Å². The molecule has 0 N–H and O–H groups in total. The quantitative estimate of drug-likeness (QED) is 0.246. The lowest BCUT2D eigenvalue weighted by molar-refractivity contribution is -0.223. The number of ketones is 1. The molecule has 0 aromatic heterocycles. The summed E-state index contributed by atoms with van der Waals surface area (Å²) in [6, 6.07) is 38.2. The number of ether oxygens (including phenoxy) is 2. The van der Waals surface area contributed by atoms with Gasteiger partial charge in [-0.2, -0.15) is 0 Å². The smallest absolute Gasteiger partial charge is 0.261 e. The minimum absolute atomic E-state index is 0.230. The maximum atomic E-state index is 13.9. The van der Waals surface area contributed by atoms with Gasteiger partial charge in [0.2, 0.25) is 5.78 Å². The first-order chi connectivity index (χ1) is 15.3. The Bertz CT molecular complexity index is 1030. The highest BCUT2D eigenvalue weighted by Crippen LogP contribution is 2.34. The molecule has 154 valence electrons. The van der Waals surface area contributed by atoms with Crippen LogP contribution in [0.1, 0.15) is 27.0 Å². The molecule has 0 aliphatic rings. The lowest BCUT2D eigenvalue weighted by atomic mass is 9.95. The van der Waals surface area contributed by atoms with E-state index in [-0.39, 0.29) is 19.0 Å². The lowest BCUT2D eigenvalue weighted by Gasteiger charge is -2.33. The average Bonchev–Trinajstić information content (AvgIpc) is 2.86. The van der Waals surface area contributed by atoms with E-state index in [1.807, 2.05) is 109 Å². The molecule has 0 saturated heterocycles. The number of carbonyl (C=O) groups excluding carboxylic acids is 1. The second-order valence-electron chi connectivity index (χ2n) is 7.23. The fourth-order valence-electron chi connectivity index (χ4n) is 3.43. The molecule has 0 saturated carbocycles. The van der Waals surface area contributed by atoms with Gasteiger partial charge >= 0.3 is 0 Å². The highest BCUT2D eigenvalue weighted by molar-refractivity contribution is 6.02. The SMILES string of the molecule is O=C(c1ccccc1)C(OCc1ccccc1)(OCc1ccccc1)c1ccccc1. The number of hydrogen-bond donors (Lipinski definition) is 0. The molecule has 0 bridgehead atoms. The molecule has 0 aliphatic carbocycles. The second kappa shape index (κ2) is 9.98. The van der Waals surface area contributed by atoms with Crippen molar-refractivity contribution >= 4 is 5.78 Å². The largest absolute Gasteiger partial charge is 0.335 e. The van der Waals surface area contributed by atoms with E-state index in [0.29, 0.717) is 11.1 Å². The third kappa shape index (κ3) is 4.97. The molecule has 0 fully saturated rings. The van der Waals surface area contributed by atoms with Gasteiger partial charge in [0.15, 0.2) is 0 Å². The monoisotopic (exact) mass is 408 g/mol. The fourth-order valence-corrected chi connectivity index (χ4v) is 3.43. The molecule has 3 heteroatoms. The minimum atomic E-state index is -1.58. The van der Waals surface area contributed by atoms with Crippen molar-refractivity contribution in [1.82, 2.24) is 0 Å². The molecule has 3 nitrogen and oxygen atoms in total. The maximum absolute atomic E-state index is 13.9. The third-order valence-electron chi connectivity index (χ3n) is 5.06. The third-order valence-corrected chi connectivity index (χ3v) is 5.06. The van der Waals surface area contributed by atoms with Crippen LogP contribution in [-0.4, -0.2) is 5.78 Å². The van der Waals surface area contributed by atoms with E-state index >= 15 is 0 Å². The van der Waals surface area contributed by atoms with E-state index in [0.717, 1.165) is 11.1 Å². The summed E-state index contributed by atoms with van der Waals surface area (Å²) in [5.41, 5.74) is 3.13. The number of carbonyl (C=O) groups is 1. The van der Waals surface area contributed by atoms with Gasteiger partial charge in [-0.25, -0.2) is 0 Å². The topological polar surface area (TPSA) is 35.5 Å². The van der Waals surface area contributed by atoms with Gasteiger partial charge in [0, 0.05) is 11.1 Å². The summed E-state index contributed by atoms with van der Waals surface area (Å²) >= 11 is 0. The van der Waals surface area contributed by atoms with Crippen LogP contribution in [0.5, 0.6) is 0 Å². The second-order valence-corrected chi connectivity index (χ2v) is 7.23. The number of benzene rings is 4. The van der Waals surface area contributed by atoms with Crippen molar-refractivity contribution in [2.45, 2.75) is 19.0 Å². The zero-order valence-electron chi connectivity index (χ0n) is 17.2. The summed E-state index contributed by atoms with van der Waals surface area (Å²) in [4.78, 5) is 13.9. The molecule has 4 aromatic carbocycles. The highest BCUT2D eigenvalue weighted by Gasteiger charge is 2.43. The highest BCUT2D eigenvalue weighted by atomic mass is 16.7. The van der Waals surface area contributed by atoms with E-state index in [9.17, 15) is 4.79 Å². The molecule has 0 radical (unpaired) electrons. The fraction of sp³-hybridized carbons (Fsp3) is 0.107. The first-order valence-electron chi connectivity index (χ1n) is 10.3. The summed E-state index contributed by atoms with van der Waals surface area (Å²) in [6.07, 6.45) is 0. The van der Waals surface area contributed by atoms with E-state index in [2.05, 4.69) is 0 Å². The van der Waals surface area contributed by atoms with E-state index in [1.165, 1.54) is 0 Å². The van der Waals surface area contributed by atoms with Gasteiger partial charge in [0.25, 0.3) is 5.79 Å². The average molecular weight is 408 g/mol. The van der Waals surface area contributed by atoms with Crippen LogP contribution in [0.3, 0.4) is 0 Å². The van der Waals surface area contributed by atoms with E-state index in [1.54, 1.807) is 12.1 Å². The van der Waals surface area contributed by atoms with Gasteiger partial charge in [-0.3, -0.25) is 4.79 Å². The van der Waals surface area contributed by atoms with Crippen molar-refractivity contribution in [3.63, 3.8) is 0 Å². The van der Waals surface area contributed by atoms with Crippen LogP contribution in [0.25, 0.3) is 0 Å². The first-order valence-corrected chi connectivity index (χ1v) is 10.3. The molecule has 0 aliphatic heterocycles. The van der Waals surface area contributed by atoms with Crippen molar-refractivity contribution in [1.29, 1.82) is 0 Å². The number of Topliss-reactive ketones (excluding diaryl/α,β-unsaturated/α-hetero) is 1. The zero-order valence-corrected chi connectivity index (χ0v) is 17.2. The minimum Gasteiger partial charge on any atom is -0.335 e. The molecule has 0 amide bonds. The van der Waals surface area contributed by atoms with E-state index in [4.69, 9.17) is 9.47 Å². The summed E-state index contributed by atoms with van der Waals surface area (Å²) < 4.78 is 12.7. The van der Waals surface area contributed by atoms with Crippen LogP contribution in [0.4, 0.5) is 0 Å². The van der Waals surface area contributed by atoms with Gasteiger partial charge in [0.05, 0.1) is 13.2 Å². The standard InChI is InChI=1S/C28H24O3/c29-27(25-17-9-3-10-18-25)28(26-19-11-4-12-20-26,30-21-23-13-5-1-6-14-23)31-22-24-15-7-2-8-16-24/h1-20H,21-22H2. The predicted octanol–water partition coefficient (Wildman–Crippen LogP) is 6.16. The normalized spacial score (nSPS) is 11.2. The van der Waals surface area contributed by atoms with Gasteiger partial charge in [-0.05, 0) is 11.1 Å². The molecule has 0 spiro atoms. The summed E-state index contributed by atoms with van der Waals surface area (Å²) in [5, 5.41) is 0. The maximum Gasteiger partial charge on any atom is 0.261 e. The Kier molecular flexibility index (Phi) is 6.68. The van der Waals surface area contributed by atoms with Crippen molar-refractivity contribution in [2.75, 3.05) is 0 Å². The molecule has 4 rings (SSSR count). The summed E-state index contributed by atoms with van der Waals surface area (Å²) in [5.74, 6) is -1.81. The van der Waals surface area contributed by atoms with E-state index < -0.39 is 5.79 Å². The zero-order chi connectivity index (χ0) is 21.4. The summed E-state index contributed by atoms with van der Waals surface area (Å²) in [7, 11) is 0. The Balaban J connectivity index is 1.75. The van der Waals surface area contributed by atoms with Gasteiger partial charge in [-0.15, -0.1) is 0 Å². The van der Waals surface area contributed by atoms with Crippen LogP contribution < -0.4 is 0 Å². The van der Waals surface area contributed by atoms with Crippen molar-refractivity contribution in [3.8, 4) is 0 Å². The molecular formula is C28H24O3. The van der Waals surface area contributed by atoms with Gasteiger partial charge in [0.1, 0.15) is 0 Å². The van der Waals surface area contributed by atoms with Crippen LogP contribution in [-0.2, 0) is 28.5 Å². The molecular weight excluding hydrogens is 384 g/mol. The Morgan fingerprint density at radius 3 is 1.39 bits per heavy atom. The summed E-state index contributed by atoms with van der Waals surface area (Å²) in [6.45, 7) is 0.478. The Hall–Kier alpha value is -3.53.